The second kappa shape index (κ2) is 5.43. The first-order chi connectivity index (χ1) is 9.72. The highest BCUT2D eigenvalue weighted by Gasteiger charge is 2.14. The molecule has 6 nitrogen and oxygen atoms in total. The summed E-state index contributed by atoms with van der Waals surface area (Å²) in [7, 11) is 0. The van der Waals surface area contributed by atoms with Crippen molar-refractivity contribution in [1.82, 2.24) is 19.9 Å². The molecular weight excluding hydrogens is 294 g/mol. The Morgan fingerprint density at radius 3 is 2.85 bits per heavy atom. The Balaban J connectivity index is 1.78. The van der Waals surface area contributed by atoms with Crippen molar-refractivity contribution in [1.29, 1.82) is 0 Å². The molecule has 0 radical (unpaired) electrons. The van der Waals surface area contributed by atoms with Crippen molar-refractivity contribution < 1.29 is 4.79 Å². The third-order valence-corrected chi connectivity index (χ3v) is 4.05. The van der Waals surface area contributed by atoms with Crippen LogP contribution in [0.4, 0.5) is 5.13 Å². The van der Waals surface area contributed by atoms with E-state index in [-0.39, 0.29) is 5.91 Å². The molecule has 0 fully saturated rings. The Morgan fingerprint density at radius 2 is 2.15 bits per heavy atom. The van der Waals surface area contributed by atoms with Crippen LogP contribution in [-0.2, 0) is 0 Å². The lowest BCUT2D eigenvalue weighted by atomic mass is 10.4. The van der Waals surface area contributed by atoms with Gasteiger partial charge in [-0.2, -0.15) is 0 Å². The number of aryl methyl sites for hydroxylation is 1. The zero-order chi connectivity index (χ0) is 13.9. The highest BCUT2D eigenvalue weighted by Crippen LogP contribution is 2.22. The number of carbonyl (C=O) groups excluding carboxylic acids is 1. The van der Waals surface area contributed by atoms with Gasteiger partial charge in [-0.3, -0.25) is 20.1 Å². The molecule has 0 aromatic carbocycles. The van der Waals surface area contributed by atoms with E-state index in [1.165, 1.54) is 22.7 Å². The SMILES string of the molecule is Cc1cnc(NC(=O)c2csc(-c3cnccn3)n2)s1. The number of nitrogens with one attached hydrogen (secondary N) is 1. The van der Waals surface area contributed by atoms with Gasteiger partial charge in [0, 0.05) is 28.8 Å². The van der Waals surface area contributed by atoms with Crippen LogP contribution in [0.3, 0.4) is 0 Å². The summed E-state index contributed by atoms with van der Waals surface area (Å²) < 4.78 is 0. The first-order valence-electron chi connectivity index (χ1n) is 5.68. The van der Waals surface area contributed by atoms with Crippen LogP contribution in [0.25, 0.3) is 10.7 Å². The Labute approximate surface area is 122 Å². The van der Waals surface area contributed by atoms with E-state index in [1.807, 2.05) is 6.92 Å². The molecule has 3 heterocycles. The van der Waals surface area contributed by atoms with E-state index in [9.17, 15) is 4.79 Å². The molecule has 0 aliphatic rings. The molecule has 0 saturated carbocycles. The van der Waals surface area contributed by atoms with Crippen molar-refractivity contribution in [2.24, 2.45) is 0 Å². The minimum atomic E-state index is -0.272. The summed E-state index contributed by atoms with van der Waals surface area (Å²) in [5.74, 6) is -0.272. The van der Waals surface area contributed by atoms with Gasteiger partial charge in [0.05, 0.1) is 6.20 Å². The molecule has 0 spiro atoms. The van der Waals surface area contributed by atoms with Crippen LogP contribution in [0, 0.1) is 6.92 Å². The summed E-state index contributed by atoms with van der Waals surface area (Å²) >= 11 is 2.78. The van der Waals surface area contributed by atoms with Gasteiger partial charge in [0.1, 0.15) is 16.4 Å². The number of amides is 1. The first kappa shape index (κ1) is 12.8. The van der Waals surface area contributed by atoms with Crippen LogP contribution in [0.1, 0.15) is 15.4 Å². The standard InChI is InChI=1S/C12H9N5OS2/c1-7-4-15-12(20-7)17-10(18)9-6-19-11(16-9)8-5-13-2-3-14-8/h2-6H,1H3,(H,15,17,18). The van der Waals surface area contributed by atoms with Crippen LogP contribution in [0.5, 0.6) is 0 Å². The molecule has 0 bridgehead atoms. The van der Waals surface area contributed by atoms with E-state index in [0.717, 1.165) is 4.88 Å². The molecular formula is C12H9N5OS2. The Morgan fingerprint density at radius 1 is 1.25 bits per heavy atom. The van der Waals surface area contributed by atoms with Gasteiger partial charge in [-0.25, -0.2) is 9.97 Å². The summed E-state index contributed by atoms with van der Waals surface area (Å²) in [5.41, 5.74) is 1.00. The van der Waals surface area contributed by atoms with Crippen molar-refractivity contribution >= 4 is 33.7 Å². The van der Waals surface area contributed by atoms with E-state index in [2.05, 4.69) is 25.3 Å². The predicted molar refractivity (Wildman–Crippen MR) is 77.9 cm³/mol. The lowest BCUT2D eigenvalue weighted by Crippen LogP contribution is -2.11. The molecule has 0 unspecified atom stereocenters. The van der Waals surface area contributed by atoms with Crippen molar-refractivity contribution in [2.75, 3.05) is 5.32 Å². The largest absolute Gasteiger partial charge is 0.296 e. The molecule has 0 saturated heterocycles. The topological polar surface area (TPSA) is 80.7 Å². The van der Waals surface area contributed by atoms with E-state index < -0.39 is 0 Å². The molecule has 0 aliphatic carbocycles. The predicted octanol–water partition coefficient (Wildman–Crippen LogP) is 2.62. The highest BCUT2D eigenvalue weighted by molar-refractivity contribution is 7.15. The van der Waals surface area contributed by atoms with Gasteiger partial charge >= 0.3 is 0 Å². The summed E-state index contributed by atoms with van der Waals surface area (Å²) in [6, 6.07) is 0. The van der Waals surface area contributed by atoms with Gasteiger partial charge in [0.25, 0.3) is 5.91 Å². The zero-order valence-electron chi connectivity index (χ0n) is 10.4. The van der Waals surface area contributed by atoms with Crippen molar-refractivity contribution in [3.63, 3.8) is 0 Å². The van der Waals surface area contributed by atoms with Crippen LogP contribution < -0.4 is 5.32 Å². The van der Waals surface area contributed by atoms with Gasteiger partial charge in [0.15, 0.2) is 5.13 Å². The molecule has 0 atom stereocenters. The third-order valence-electron chi connectivity index (χ3n) is 2.36. The third kappa shape index (κ3) is 2.70. The normalized spacial score (nSPS) is 10.4. The number of rotatable bonds is 3. The van der Waals surface area contributed by atoms with Gasteiger partial charge in [-0.05, 0) is 6.92 Å². The Hall–Kier alpha value is -2.19. The Kier molecular flexibility index (Phi) is 3.48. The molecule has 100 valence electrons. The van der Waals surface area contributed by atoms with Gasteiger partial charge < -0.3 is 0 Å². The summed E-state index contributed by atoms with van der Waals surface area (Å²) in [6.45, 7) is 1.93. The molecule has 3 aromatic heterocycles. The van der Waals surface area contributed by atoms with Crippen LogP contribution in [0.2, 0.25) is 0 Å². The molecule has 0 aliphatic heterocycles. The number of anilines is 1. The van der Waals surface area contributed by atoms with Crippen molar-refractivity contribution in [3.8, 4) is 10.7 Å². The van der Waals surface area contributed by atoms with Crippen LogP contribution >= 0.6 is 22.7 Å². The molecule has 3 aromatic rings. The quantitative estimate of drug-likeness (QED) is 0.804. The number of aromatic nitrogens is 4. The van der Waals surface area contributed by atoms with E-state index in [4.69, 9.17) is 0 Å². The average Bonchev–Trinajstić information content (AvgIpc) is 3.09. The van der Waals surface area contributed by atoms with Gasteiger partial charge in [0.2, 0.25) is 0 Å². The number of hydrogen-bond acceptors (Lipinski definition) is 7. The van der Waals surface area contributed by atoms with E-state index >= 15 is 0 Å². The monoisotopic (exact) mass is 303 g/mol. The van der Waals surface area contributed by atoms with Crippen molar-refractivity contribution in [3.05, 3.63) is 40.7 Å². The minimum Gasteiger partial charge on any atom is -0.296 e. The fourth-order valence-electron chi connectivity index (χ4n) is 1.48. The molecule has 20 heavy (non-hydrogen) atoms. The van der Waals surface area contributed by atoms with Crippen LogP contribution in [-0.4, -0.2) is 25.8 Å². The lowest BCUT2D eigenvalue weighted by molar-refractivity contribution is 0.102. The number of thiazole rings is 2. The summed E-state index contributed by atoms with van der Waals surface area (Å²) in [5, 5.41) is 5.65. The zero-order valence-corrected chi connectivity index (χ0v) is 12.0. The maximum atomic E-state index is 12.0. The van der Waals surface area contributed by atoms with Crippen molar-refractivity contribution in [2.45, 2.75) is 6.92 Å². The number of carbonyl (C=O) groups is 1. The fraction of sp³-hybridized carbons (Fsp3) is 0.0833. The summed E-state index contributed by atoms with van der Waals surface area (Å²) in [4.78, 5) is 29.6. The first-order valence-corrected chi connectivity index (χ1v) is 7.37. The molecule has 3 rings (SSSR count). The maximum absolute atomic E-state index is 12.0. The second-order valence-corrected chi connectivity index (χ2v) is 5.95. The number of nitrogens with zero attached hydrogens (tertiary/aromatic N) is 4. The van der Waals surface area contributed by atoms with Crippen LogP contribution in [0.15, 0.2) is 30.2 Å². The average molecular weight is 303 g/mol. The second-order valence-electron chi connectivity index (χ2n) is 3.86. The maximum Gasteiger partial charge on any atom is 0.276 e. The van der Waals surface area contributed by atoms with E-state index in [1.54, 1.807) is 30.2 Å². The fourth-order valence-corrected chi connectivity index (χ4v) is 2.90. The Bertz CT molecular complexity index is 737. The molecule has 8 heteroatoms. The summed E-state index contributed by atoms with van der Waals surface area (Å²) in [6.07, 6.45) is 6.52. The van der Waals surface area contributed by atoms with Gasteiger partial charge in [-0.1, -0.05) is 0 Å². The molecule has 1 amide bonds. The lowest BCUT2D eigenvalue weighted by Gasteiger charge is -1.97. The van der Waals surface area contributed by atoms with E-state index in [0.29, 0.717) is 21.5 Å². The minimum absolute atomic E-state index is 0.272. The highest BCUT2D eigenvalue weighted by atomic mass is 32.1. The molecule has 1 N–H and O–H groups in total. The van der Waals surface area contributed by atoms with Gasteiger partial charge in [-0.15, -0.1) is 22.7 Å². The number of hydrogen-bond donors (Lipinski definition) is 1. The smallest absolute Gasteiger partial charge is 0.276 e.